The Hall–Kier alpha value is -0.950. The van der Waals surface area contributed by atoms with Crippen molar-refractivity contribution in [2.24, 2.45) is 5.84 Å². The van der Waals surface area contributed by atoms with E-state index in [1.165, 1.54) is 12.1 Å². The van der Waals surface area contributed by atoms with Crippen LogP contribution in [-0.2, 0) is 10.1 Å². The Labute approximate surface area is 116 Å². The molecule has 1 rings (SSSR count). The second-order valence-corrected chi connectivity index (χ2v) is 5.81. The van der Waals surface area contributed by atoms with E-state index in [0.29, 0.717) is 4.59 Å². The molecule has 19 heavy (non-hydrogen) atoms. The summed E-state index contributed by atoms with van der Waals surface area (Å²) >= 11 is 0. The second-order valence-electron chi connectivity index (χ2n) is 4.43. The summed E-state index contributed by atoms with van der Waals surface area (Å²) in [6.45, 7) is 11.3. The van der Waals surface area contributed by atoms with E-state index in [1.807, 2.05) is 6.92 Å². The molecule has 0 saturated heterocycles. The summed E-state index contributed by atoms with van der Waals surface area (Å²) in [5.41, 5.74) is 0.928. The molecule has 5 nitrogen and oxygen atoms in total. The van der Waals surface area contributed by atoms with Gasteiger partial charge in [0.1, 0.15) is 10.1 Å². The minimum absolute atomic E-state index is 0.178. The first kappa shape index (κ1) is 18.0. The molecule has 2 N–H and O–H groups in total. The largest absolute Gasteiger partial charge is 0.744 e. The number of quaternary nitrogens is 1. The molecule has 0 aliphatic heterocycles. The first-order valence-electron chi connectivity index (χ1n) is 6.35. The lowest BCUT2D eigenvalue weighted by atomic mass is 10.2. The van der Waals surface area contributed by atoms with Gasteiger partial charge in [-0.3, -0.25) is 0 Å². The minimum atomic E-state index is -4.27. The van der Waals surface area contributed by atoms with E-state index < -0.39 is 10.1 Å². The van der Waals surface area contributed by atoms with Gasteiger partial charge < -0.3 is 4.55 Å². The number of hydrogen-bond acceptors (Lipinski definition) is 4. The van der Waals surface area contributed by atoms with Crippen molar-refractivity contribution in [3.63, 3.8) is 0 Å². The zero-order valence-electron chi connectivity index (χ0n) is 12.1. The molecule has 0 unspecified atom stereocenters. The van der Waals surface area contributed by atoms with Crippen molar-refractivity contribution in [2.45, 2.75) is 32.6 Å². The fraction of sp³-hybridized carbons (Fsp3) is 0.538. The van der Waals surface area contributed by atoms with E-state index in [0.717, 1.165) is 25.2 Å². The van der Waals surface area contributed by atoms with Crippen molar-refractivity contribution in [3.8, 4) is 0 Å². The SMILES string of the molecule is CC[N+](N)(CC)CC.Cc1ccc(S(=O)(=O)[O-])cc1. The van der Waals surface area contributed by atoms with E-state index in [-0.39, 0.29) is 4.90 Å². The summed E-state index contributed by atoms with van der Waals surface area (Å²) in [5.74, 6) is 5.83. The van der Waals surface area contributed by atoms with Gasteiger partial charge in [0.2, 0.25) is 0 Å². The highest BCUT2D eigenvalue weighted by Gasteiger charge is 2.12. The van der Waals surface area contributed by atoms with Crippen molar-refractivity contribution in [1.29, 1.82) is 0 Å². The first-order valence-corrected chi connectivity index (χ1v) is 7.76. The van der Waals surface area contributed by atoms with Crippen LogP contribution < -0.4 is 5.84 Å². The molecule has 0 amide bonds. The van der Waals surface area contributed by atoms with Gasteiger partial charge in [0.15, 0.2) is 0 Å². The normalized spacial score (nSPS) is 11.7. The quantitative estimate of drug-likeness (QED) is 0.395. The molecule has 1 aromatic carbocycles. The van der Waals surface area contributed by atoms with Crippen molar-refractivity contribution in [1.82, 2.24) is 0 Å². The molecule has 0 aliphatic carbocycles. The zero-order valence-corrected chi connectivity index (χ0v) is 12.9. The lowest BCUT2D eigenvalue weighted by molar-refractivity contribution is -0.935. The van der Waals surface area contributed by atoms with E-state index >= 15 is 0 Å². The summed E-state index contributed by atoms with van der Waals surface area (Å²) in [7, 11) is -4.27. The predicted molar refractivity (Wildman–Crippen MR) is 75.2 cm³/mol. The van der Waals surface area contributed by atoms with Crippen molar-refractivity contribution < 1.29 is 17.6 Å². The lowest BCUT2D eigenvalue weighted by Crippen LogP contribution is -2.53. The smallest absolute Gasteiger partial charge is 0.124 e. The van der Waals surface area contributed by atoms with Gasteiger partial charge in [-0.25, -0.2) is 13.0 Å². The number of aryl methyl sites for hydroxylation is 1. The molecule has 110 valence electrons. The fourth-order valence-electron chi connectivity index (χ4n) is 1.38. The molecule has 0 aromatic heterocycles. The molecule has 0 radical (unpaired) electrons. The fourth-order valence-corrected chi connectivity index (χ4v) is 1.85. The number of benzene rings is 1. The van der Waals surface area contributed by atoms with Gasteiger partial charge in [0.05, 0.1) is 24.5 Å². The highest BCUT2D eigenvalue weighted by Crippen LogP contribution is 2.08. The van der Waals surface area contributed by atoms with Gasteiger partial charge >= 0.3 is 0 Å². The van der Waals surface area contributed by atoms with Gasteiger partial charge in [-0.1, -0.05) is 17.7 Å². The Morgan fingerprint density at radius 1 is 1.05 bits per heavy atom. The van der Waals surface area contributed by atoms with Gasteiger partial charge in [-0.2, -0.15) is 5.84 Å². The third-order valence-electron chi connectivity index (χ3n) is 3.20. The lowest BCUT2D eigenvalue weighted by Gasteiger charge is -2.28. The van der Waals surface area contributed by atoms with Crippen LogP contribution >= 0.6 is 0 Å². The van der Waals surface area contributed by atoms with Crippen molar-refractivity contribution >= 4 is 10.1 Å². The Balaban J connectivity index is 0.000000362. The Morgan fingerprint density at radius 2 is 1.42 bits per heavy atom. The molecule has 1 aromatic rings. The van der Waals surface area contributed by atoms with Crippen LogP contribution in [0.3, 0.4) is 0 Å². The van der Waals surface area contributed by atoms with E-state index in [2.05, 4.69) is 20.8 Å². The topological polar surface area (TPSA) is 83.2 Å². The van der Waals surface area contributed by atoms with Crippen LogP contribution in [0.25, 0.3) is 0 Å². The summed E-state index contributed by atoms with van der Waals surface area (Å²) in [6.07, 6.45) is 0. The Morgan fingerprint density at radius 3 is 1.63 bits per heavy atom. The van der Waals surface area contributed by atoms with Crippen LogP contribution in [0.15, 0.2) is 29.2 Å². The van der Waals surface area contributed by atoms with Gasteiger partial charge in [0, 0.05) is 0 Å². The Kier molecular flexibility index (Phi) is 7.21. The number of rotatable bonds is 4. The zero-order chi connectivity index (χ0) is 15.1. The number of hydrogen-bond donors (Lipinski definition) is 1. The van der Waals surface area contributed by atoms with Crippen LogP contribution in [0, 0.1) is 6.92 Å². The maximum atomic E-state index is 10.4. The number of nitrogens with zero attached hydrogens (tertiary/aromatic N) is 1. The molecule has 0 aliphatic rings. The highest BCUT2D eigenvalue weighted by atomic mass is 32.2. The third-order valence-corrected chi connectivity index (χ3v) is 4.05. The van der Waals surface area contributed by atoms with Gasteiger partial charge in [0.25, 0.3) is 0 Å². The molecule has 0 bridgehead atoms. The molecule has 0 saturated carbocycles. The Bertz CT molecular complexity index is 457. The molecule has 0 fully saturated rings. The molecule has 0 heterocycles. The van der Waals surface area contributed by atoms with Crippen molar-refractivity contribution in [2.75, 3.05) is 19.6 Å². The standard InChI is InChI=1S/C7H8O3S.C6H17N2/c1-6-2-4-7(5-3-6)11(8,9)10;1-4-8(7,5-2)6-3/h2-5H,1H3,(H,8,9,10);4-7H2,1-3H3/q;+1/p-1. The highest BCUT2D eigenvalue weighted by molar-refractivity contribution is 7.85. The maximum Gasteiger partial charge on any atom is 0.124 e. The average Bonchev–Trinajstić information content (AvgIpc) is 2.38. The summed E-state index contributed by atoms with van der Waals surface area (Å²) in [4.78, 5) is -0.178. The molecular formula is C13H24N2O3S. The summed E-state index contributed by atoms with van der Waals surface area (Å²) in [5, 5.41) is 0. The summed E-state index contributed by atoms with van der Waals surface area (Å²) < 4.78 is 31.9. The van der Waals surface area contributed by atoms with Gasteiger partial charge in [-0.05, 0) is 39.8 Å². The molecule has 6 heteroatoms. The minimum Gasteiger partial charge on any atom is -0.744 e. The van der Waals surface area contributed by atoms with Crippen LogP contribution in [0.1, 0.15) is 26.3 Å². The van der Waals surface area contributed by atoms with E-state index in [9.17, 15) is 13.0 Å². The molecule has 0 spiro atoms. The maximum absolute atomic E-state index is 10.4. The average molecular weight is 288 g/mol. The van der Waals surface area contributed by atoms with Crippen LogP contribution in [0.5, 0.6) is 0 Å². The van der Waals surface area contributed by atoms with Crippen LogP contribution in [0.4, 0.5) is 0 Å². The van der Waals surface area contributed by atoms with Gasteiger partial charge in [-0.15, -0.1) is 0 Å². The van der Waals surface area contributed by atoms with Crippen LogP contribution in [-0.4, -0.2) is 37.2 Å². The van der Waals surface area contributed by atoms with Crippen molar-refractivity contribution in [3.05, 3.63) is 29.8 Å². The summed E-state index contributed by atoms with van der Waals surface area (Å²) in [6, 6.07) is 5.78. The molecular weight excluding hydrogens is 264 g/mol. The molecule has 0 atom stereocenters. The first-order chi connectivity index (χ1) is 8.68. The van der Waals surface area contributed by atoms with E-state index in [4.69, 9.17) is 5.84 Å². The van der Waals surface area contributed by atoms with E-state index in [1.54, 1.807) is 12.1 Å². The number of nitrogens with two attached hydrogens (primary N) is 1. The third kappa shape index (κ3) is 6.68. The predicted octanol–water partition coefficient (Wildman–Crippen LogP) is 1.64. The monoisotopic (exact) mass is 288 g/mol. The van der Waals surface area contributed by atoms with Crippen LogP contribution in [0.2, 0.25) is 0 Å². The second kappa shape index (κ2) is 7.59.